The third kappa shape index (κ3) is 3.62. The molecule has 23 heavy (non-hydrogen) atoms. The first kappa shape index (κ1) is 17.6. The van der Waals surface area contributed by atoms with Crippen LogP contribution in [0.5, 0.6) is 11.5 Å². The first-order valence-electron chi connectivity index (χ1n) is 7.74. The summed E-state index contributed by atoms with van der Waals surface area (Å²) in [6, 6.07) is 9.72. The summed E-state index contributed by atoms with van der Waals surface area (Å²) < 4.78 is 11.2. The zero-order valence-corrected chi connectivity index (χ0v) is 14.8. The largest absolute Gasteiger partial charge is 0.497 e. The number of hydrogen-bond acceptors (Lipinski definition) is 3. The van der Waals surface area contributed by atoms with Crippen molar-refractivity contribution in [2.24, 2.45) is 0 Å². The molecular formula is C19H23ClO3. The van der Waals surface area contributed by atoms with Gasteiger partial charge in [-0.15, -0.1) is 0 Å². The fourth-order valence-electron chi connectivity index (χ4n) is 2.61. The van der Waals surface area contributed by atoms with Crippen molar-refractivity contribution < 1.29 is 14.6 Å². The number of methoxy groups -OCH3 is 1. The van der Waals surface area contributed by atoms with E-state index in [-0.39, 0.29) is 12.5 Å². The Bertz CT molecular complexity index is 665. The summed E-state index contributed by atoms with van der Waals surface area (Å²) in [5, 5.41) is 10.2. The first-order valence-corrected chi connectivity index (χ1v) is 8.12. The van der Waals surface area contributed by atoms with Crippen LogP contribution in [0, 0.1) is 6.92 Å². The van der Waals surface area contributed by atoms with Crippen LogP contribution < -0.4 is 9.47 Å². The van der Waals surface area contributed by atoms with Gasteiger partial charge in [0.2, 0.25) is 0 Å². The lowest BCUT2D eigenvalue weighted by Gasteiger charge is -2.21. The Hall–Kier alpha value is -1.71. The third-order valence-corrected chi connectivity index (χ3v) is 4.37. The van der Waals surface area contributed by atoms with Gasteiger partial charge in [-0.05, 0) is 43.2 Å². The van der Waals surface area contributed by atoms with E-state index in [0.717, 1.165) is 33.8 Å². The maximum absolute atomic E-state index is 9.56. The standard InChI is InChI=1S/C19H23ClO3/c1-5-23-19-16(12(2)11-21)10-17(20)13(3)18(19)14-6-8-15(22-4)9-7-14/h6-10,12,21H,5,11H2,1-4H3. The van der Waals surface area contributed by atoms with E-state index in [1.54, 1.807) is 7.11 Å². The fourth-order valence-corrected chi connectivity index (χ4v) is 2.83. The number of benzene rings is 2. The van der Waals surface area contributed by atoms with Gasteiger partial charge >= 0.3 is 0 Å². The Morgan fingerprint density at radius 1 is 1.22 bits per heavy atom. The molecule has 0 saturated carbocycles. The van der Waals surface area contributed by atoms with Crippen molar-refractivity contribution in [3.63, 3.8) is 0 Å². The SMILES string of the molecule is CCOc1c(C(C)CO)cc(Cl)c(C)c1-c1ccc(OC)cc1. The Morgan fingerprint density at radius 3 is 2.39 bits per heavy atom. The van der Waals surface area contributed by atoms with Gasteiger partial charge in [0.25, 0.3) is 0 Å². The van der Waals surface area contributed by atoms with Crippen LogP contribution in [-0.4, -0.2) is 25.4 Å². The highest BCUT2D eigenvalue weighted by molar-refractivity contribution is 6.32. The molecule has 0 amide bonds. The molecule has 0 aliphatic carbocycles. The van der Waals surface area contributed by atoms with Gasteiger partial charge in [0.1, 0.15) is 11.5 Å². The quantitative estimate of drug-likeness (QED) is 0.823. The second-order valence-corrected chi connectivity index (χ2v) is 5.93. The Kier molecular flexibility index (Phi) is 5.91. The van der Waals surface area contributed by atoms with Crippen molar-refractivity contribution in [3.05, 3.63) is 46.5 Å². The number of halogens is 1. The average molecular weight is 335 g/mol. The van der Waals surface area contributed by atoms with Crippen LogP contribution in [0.25, 0.3) is 11.1 Å². The van der Waals surface area contributed by atoms with Gasteiger partial charge in [-0.3, -0.25) is 0 Å². The molecule has 1 N–H and O–H groups in total. The van der Waals surface area contributed by atoms with E-state index in [9.17, 15) is 5.11 Å². The predicted octanol–water partition coefficient (Wildman–Crippen LogP) is 4.82. The van der Waals surface area contributed by atoms with E-state index in [1.165, 1.54) is 0 Å². The summed E-state index contributed by atoms with van der Waals surface area (Å²) in [5.74, 6) is 1.54. The topological polar surface area (TPSA) is 38.7 Å². The molecule has 0 heterocycles. The van der Waals surface area contributed by atoms with Gasteiger partial charge in [0.15, 0.2) is 0 Å². The Balaban J connectivity index is 2.69. The van der Waals surface area contributed by atoms with E-state index in [4.69, 9.17) is 21.1 Å². The predicted molar refractivity (Wildman–Crippen MR) is 94.8 cm³/mol. The molecule has 0 aliphatic rings. The van der Waals surface area contributed by atoms with Crippen LogP contribution >= 0.6 is 11.6 Å². The lowest BCUT2D eigenvalue weighted by Crippen LogP contribution is -2.06. The van der Waals surface area contributed by atoms with Crippen LogP contribution in [0.1, 0.15) is 30.9 Å². The van der Waals surface area contributed by atoms with Gasteiger partial charge in [-0.2, -0.15) is 0 Å². The number of aliphatic hydroxyl groups is 1. The number of rotatable bonds is 6. The van der Waals surface area contributed by atoms with Gasteiger partial charge in [-0.1, -0.05) is 30.7 Å². The van der Waals surface area contributed by atoms with E-state index >= 15 is 0 Å². The molecule has 4 heteroatoms. The molecule has 2 rings (SSSR count). The summed E-state index contributed by atoms with van der Waals surface area (Å²) >= 11 is 6.44. The van der Waals surface area contributed by atoms with Crippen molar-refractivity contribution in [3.8, 4) is 22.6 Å². The summed E-state index contributed by atoms with van der Waals surface area (Å²) in [6.07, 6.45) is 0. The summed E-state index contributed by atoms with van der Waals surface area (Å²) in [4.78, 5) is 0. The van der Waals surface area contributed by atoms with E-state index in [0.29, 0.717) is 11.6 Å². The molecule has 0 bridgehead atoms. The molecule has 0 radical (unpaired) electrons. The minimum atomic E-state index is -0.0494. The minimum absolute atomic E-state index is 0.0432. The zero-order valence-electron chi connectivity index (χ0n) is 14.0. The highest BCUT2D eigenvalue weighted by Crippen LogP contribution is 2.43. The average Bonchev–Trinajstić information content (AvgIpc) is 2.58. The smallest absolute Gasteiger partial charge is 0.131 e. The van der Waals surface area contributed by atoms with Crippen LogP contribution in [0.2, 0.25) is 5.02 Å². The Morgan fingerprint density at radius 2 is 1.87 bits per heavy atom. The van der Waals surface area contributed by atoms with Crippen LogP contribution in [-0.2, 0) is 0 Å². The molecule has 1 unspecified atom stereocenters. The second kappa shape index (κ2) is 7.71. The monoisotopic (exact) mass is 334 g/mol. The zero-order chi connectivity index (χ0) is 17.0. The van der Waals surface area contributed by atoms with Crippen LogP contribution in [0.15, 0.2) is 30.3 Å². The highest BCUT2D eigenvalue weighted by Gasteiger charge is 2.20. The minimum Gasteiger partial charge on any atom is -0.497 e. The third-order valence-electron chi connectivity index (χ3n) is 3.98. The van der Waals surface area contributed by atoms with Crippen LogP contribution in [0.4, 0.5) is 0 Å². The maximum atomic E-state index is 9.56. The lowest BCUT2D eigenvalue weighted by atomic mass is 9.91. The lowest BCUT2D eigenvalue weighted by molar-refractivity contribution is 0.267. The highest BCUT2D eigenvalue weighted by atomic mass is 35.5. The van der Waals surface area contributed by atoms with Crippen molar-refractivity contribution in [2.75, 3.05) is 20.3 Å². The molecule has 0 aliphatic heterocycles. The number of aliphatic hydroxyl groups excluding tert-OH is 1. The van der Waals surface area contributed by atoms with Crippen molar-refractivity contribution in [1.82, 2.24) is 0 Å². The molecule has 124 valence electrons. The Labute approximate surface area is 142 Å². The summed E-state index contributed by atoms with van der Waals surface area (Å²) in [6.45, 7) is 6.49. The van der Waals surface area contributed by atoms with Crippen LogP contribution in [0.3, 0.4) is 0 Å². The molecule has 0 spiro atoms. The first-order chi connectivity index (χ1) is 11.0. The molecule has 0 aromatic heterocycles. The van der Waals surface area contributed by atoms with Gasteiger partial charge in [-0.25, -0.2) is 0 Å². The molecule has 3 nitrogen and oxygen atoms in total. The number of ether oxygens (including phenoxy) is 2. The van der Waals surface area contributed by atoms with Gasteiger partial charge in [0, 0.05) is 28.7 Å². The van der Waals surface area contributed by atoms with Gasteiger partial charge in [0.05, 0.1) is 13.7 Å². The van der Waals surface area contributed by atoms with Crippen molar-refractivity contribution in [1.29, 1.82) is 0 Å². The normalized spacial score (nSPS) is 12.1. The van der Waals surface area contributed by atoms with Crippen molar-refractivity contribution >= 4 is 11.6 Å². The van der Waals surface area contributed by atoms with E-state index in [2.05, 4.69) is 0 Å². The van der Waals surface area contributed by atoms with E-state index in [1.807, 2.05) is 51.1 Å². The molecular weight excluding hydrogens is 312 g/mol. The van der Waals surface area contributed by atoms with E-state index < -0.39 is 0 Å². The van der Waals surface area contributed by atoms with Crippen molar-refractivity contribution in [2.45, 2.75) is 26.7 Å². The summed E-state index contributed by atoms with van der Waals surface area (Å²) in [5.41, 5.74) is 3.88. The van der Waals surface area contributed by atoms with Gasteiger partial charge < -0.3 is 14.6 Å². The molecule has 2 aromatic rings. The molecule has 1 atom stereocenters. The molecule has 0 fully saturated rings. The second-order valence-electron chi connectivity index (χ2n) is 5.52. The fraction of sp³-hybridized carbons (Fsp3) is 0.368. The molecule has 2 aromatic carbocycles. The summed E-state index contributed by atoms with van der Waals surface area (Å²) in [7, 11) is 1.65. The number of hydrogen-bond donors (Lipinski definition) is 1. The maximum Gasteiger partial charge on any atom is 0.131 e. The molecule has 0 saturated heterocycles.